The Bertz CT molecular complexity index is 866. The zero-order valence-electron chi connectivity index (χ0n) is 17.0. The lowest BCUT2D eigenvalue weighted by Gasteiger charge is -2.34. The molecule has 0 unspecified atom stereocenters. The van der Waals surface area contributed by atoms with Gasteiger partial charge < -0.3 is 10.2 Å². The minimum Gasteiger partial charge on any atom is -0.335 e. The van der Waals surface area contributed by atoms with Crippen molar-refractivity contribution in [3.05, 3.63) is 46.8 Å². The van der Waals surface area contributed by atoms with Crippen molar-refractivity contribution in [1.29, 1.82) is 0 Å². The predicted molar refractivity (Wildman–Crippen MR) is 112 cm³/mol. The number of piperazine rings is 1. The number of aromatic nitrogens is 2. The van der Waals surface area contributed by atoms with Crippen molar-refractivity contribution in [3.63, 3.8) is 0 Å². The van der Waals surface area contributed by atoms with Crippen LogP contribution >= 0.6 is 0 Å². The van der Waals surface area contributed by atoms with Crippen LogP contribution in [0.3, 0.4) is 0 Å². The summed E-state index contributed by atoms with van der Waals surface area (Å²) in [6.07, 6.45) is 5.26. The highest BCUT2D eigenvalue weighted by molar-refractivity contribution is 5.94. The van der Waals surface area contributed by atoms with E-state index >= 15 is 0 Å². The summed E-state index contributed by atoms with van der Waals surface area (Å²) in [6, 6.07) is 8.01. The molecular weight excluding hydrogens is 366 g/mol. The van der Waals surface area contributed by atoms with Gasteiger partial charge in [-0.2, -0.15) is 5.10 Å². The van der Waals surface area contributed by atoms with E-state index in [1.807, 2.05) is 17.0 Å². The molecule has 7 heteroatoms. The highest BCUT2D eigenvalue weighted by Gasteiger charge is 2.27. The number of hydrogen-bond acceptors (Lipinski definition) is 4. The van der Waals surface area contributed by atoms with Crippen LogP contribution in [0.25, 0.3) is 0 Å². The van der Waals surface area contributed by atoms with Gasteiger partial charge in [0.25, 0.3) is 5.91 Å². The molecule has 0 atom stereocenters. The molecule has 0 spiro atoms. The second kappa shape index (κ2) is 8.78. The number of H-pyrrole nitrogens is 1. The van der Waals surface area contributed by atoms with Gasteiger partial charge in [-0.05, 0) is 49.8 Å². The number of amides is 2. The Morgan fingerprint density at radius 2 is 1.79 bits per heavy atom. The minimum absolute atomic E-state index is 0.0551. The lowest BCUT2D eigenvalue weighted by Crippen LogP contribution is -2.49. The summed E-state index contributed by atoms with van der Waals surface area (Å²) in [6.45, 7) is 5.77. The third-order valence-electron chi connectivity index (χ3n) is 5.91. The molecule has 0 saturated carbocycles. The van der Waals surface area contributed by atoms with Crippen LogP contribution in [-0.4, -0.2) is 64.5 Å². The minimum atomic E-state index is -0.0551. The molecule has 2 heterocycles. The van der Waals surface area contributed by atoms with Crippen LogP contribution < -0.4 is 5.32 Å². The maximum absolute atomic E-state index is 12.9. The van der Waals surface area contributed by atoms with E-state index in [9.17, 15) is 9.59 Å². The number of aromatic amines is 1. The number of anilines is 1. The van der Waals surface area contributed by atoms with E-state index in [0.29, 0.717) is 5.69 Å². The fourth-order valence-corrected chi connectivity index (χ4v) is 4.23. The Morgan fingerprint density at radius 3 is 2.52 bits per heavy atom. The standard InChI is InChI=1S/C22H29N5O2/c1-16(28)23-18-8-6-17(7-9-18)10-11-26-12-14-27(15-13-26)22(29)21-19-4-2-3-5-20(19)24-25-21/h6-9H,2-5,10-15H2,1H3,(H,23,28)(H,24,25). The van der Waals surface area contributed by atoms with E-state index in [1.54, 1.807) is 0 Å². The summed E-state index contributed by atoms with van der Waals surface area (Å²) in [5.74, 6) is 0.0260. The molecule has 1 saturated heterocycles. The molecule has 2 aliphatic rings. The SMILES string of the molecule is CC(=O)Nc1ccc(CCN2CCN(C(=O)c3n[nH]c4c3CCCC4)CC2)cc1. The number of carbonyl (C=O) groups excluding carboxylic acids is 2. The summed E-state index contributed by atoms with van der Waals surface area (Å²) >= 11 is 0. The predicted octanol–water partition coefficient (Wildman–Crippen LogP) is 2.25. The van der Waals surface area contributed by atoms with Crippen molar-refractivity contribution in [2.75, 3.05) is 38.0 Å². The number of benzene rings is 1. The van der Waals surface area contributed by atoms with E-state index in [-0.39, 0.29) is 11.8 Å². The van der Waals surface area contributed by atoms with Crippen molar-refractivity contribution >= 4 is 17.5 Å². The fourth-order valence-electron chi connectivity index (χ4n) is 4.23. The molecular formula is C22H29N5O2. The maximum Gasteiger partial charge on any atom is 0.274 e. The van der Waals surface area contributed by atoms with Gasteiger partial charge in [0.15, 0.2) is 5.69 Å². The summed E-state index contributed by atoms with van der Waals surface area (Å²) in [4.78, 5) is 28.4. The zero-order chi connectivity index (χ0) is 20.2. The summed E-state index contributed by atoms with van der Waals surface area (Å²) < 4.78 is 0. The van der Waals surface area contributed by atoms with Crippen molar-refractivity contribution in [2.45, 2.75) is 39.0 Å². The smallest absolute Gasteiger partial charge is 0.274 e. The molecule has 154 valence electrons. The summed E-state index contributed by atoms with van der Waals surface area (Å²) in [5.41, 5.74) is 5.02. The van der Waals surface area contributed by atoms with Crippen molar-refractivity contribution < 1.29 is 9.59 Å². The summed E-state index contributed by atoms with van der Waals surface area (Å²) in [5, 5.41) is 10.2. The van der Waals surface area contributed by atoms with Gasteiger partial charge >= 0.3 is 0 Å². The largest absolute Gasteiger partial charge is 0.335 e. The van der Waals surface area contributed by atoms with Crippen LogP contribution in [0.15, 0.2) is 24.3 Å². The van der Waals surface area contributed by atoms with Crippen molar-refractivity contribution in [3.8, 4) is 0 Å². The van der Waals surface area contributed by atoms with Gasteiger partial charge in [0.2, 0.25) is 5.91 Å². The number of carbonyl (C=O) groups is 2. The van der Waals surface area contributed by atoms with Crippen LogP contribution in [0.1, 0.15) is 47.1 Å². The van der Waals surface area contributed by atoms with Crippen molar-refractivity contribution in [1.82, 2.24) is 20.0 Å². The molecule has 7 nitrogen and oxygen atoms in total. The average molecular weight is 396 g/mol. The normalized spacial score (nSPS) is 17.1. The topological polar surface area (TPSA) is 81.3 Å². The van der Waals surface area contributed by atoms with Gasteiger partial charge in [0.1, 0.15) is 0 Å². The van der Waals surface area contributed by atoms with Crippen LogP contribution in [0.4, 0.5) is 5.69 Å². The van der Waals surface area contributed by atoms with Crippen LogP contribution in [0.5, 0.6) is 0 Å². The molecule has 4 rings (SSSR count). The van der Waals surface area contributed by atoms with E-state index in [0.717, 1.165) is 75.4 Å². The monoisotopic (exact) mass is 395 g/mol. The summed E-state index contributed by atoms with van der Waals surface area (Å²) in [7, 11) is 0. The highest BCUT2D eigenvalue weighted by Crippen LogP contribution is 2.23. The second-order valence-corrected chi connectivity index (χ2v) is 8.00. The van der Waals surface area contributed by atoms with Gasteiger partial charge in [-0.15, -0.1) is 0 Å². The van der Waals surface area contributed by atoms with Crippen molar-refractivity contribution in [2.24, 2.45) is 0 Å². The zero-order valence-corrected chi connectivity index (χ0v) is 17.0. The Labute approximate surface area is 171 Å². The molecule has 2 aromatic rings. The molecule has 29 heavy (non-hydrogen) atoms. The molecule has 1 aliphatic heterocycles. The molecule has 1 aliphatic carbocycles. The molecule has 0 radical (unpaired) electrons. The lowest BCUT2D eigenvalue weighted by molar-refractivity contribution is -0.114. The Kier molecular flexibility index (Phi) is 5.94. The molecule has 0 bridgehead atoms. The van der Waals surface area contributed by atoms with Gasteiger partial charge in [0.05, 0.1) is 0 Å². The van der Waals surface area contributed by atoms with Gasteiger partial charge in [-0.1, -0.05) is 12.1 Å². The number of fused-ring (bicyclic) bond motifs is 1. The third kappa shape index (κ3) is 4.67. The van der Waals surface area contributed by atoms with Crippen LogP contribution in [0, 0.1) is 0 Å². The molecule has 2 N–H and O–H groups in total. The highest BCUT2D eigenvalue weighted by atomic mass is 16.2. The van der Waals surface area contributed by atoms with Crippen LogP contribution in [-0.2, 0) is 24.1 Å². The van der Waals surface area contributed by atoms with E-state index in [2.05, 4.69) is 32.5 Å². The van der Waals surface area contributed by atoms with Crippen LogP contribution in [0.2, 0.25) is 0 Å². The first-order valence-corrected chi connectivity index (χ1v) is 10.5. The average Bonchev–Trinajstić information content (AvgIpc) is 3.17. The molecule has 1 fully saturated rings. The Morgan fingerprint density at radius 1 is 1.07 bits per heavy atom. The Hall–Kier alpha value is -2.67. The van der Waals surface area contributed by atoms with Gasteiger partial charge in [-0.3, -0.25) is 19.6 Å². The van der Waals surface area contributed by atoms with E-state index < -0.39 is 0 Å². The fraction of sp³-hybridized carbons (Fsp3) is 0.500. The lowest BCUT2D eigenvalue weighted by atomic mass is 9.95. The van der Waals surface area contributed by atoms with Gasteiger partial charge in [0, 0.05) is 56.6 Å². The first-order chi connectivity index (χ1) is 14.1. The first-order valence-electron chi connectivity index (χ1n) is 10.5. The number of rotatable bonds is 5. The number of aryl methyl sites for hydroxylation is 1. The first kappa shape index (κ1) is 19.6. The van der Waals surface area contributed by atoms with Gasteiger partial charge in [-0.25, -0.2) is 0 Å². The maximum atomic E-state index is 12.9. The third-order valence-corrected chi connectivity index (χ3v) is 5.91. The Balaban J connectivity index is 1.26. The number of nitrogens with zero attached hydrogens (tertiary/aromatic N) is 3. The molecule has 1 aromatic heterocycles. The molecule has 2 amide bonds. The van der Waals surface area contributed by atoms with E-state index in [1.165, 1.54) is 18.9 Å². The van der Waals surface area contributed by atoms with E-state index in [4.69, 9.17) is 0 Å². The second-order valence-electron chi connectivity index (χ2n) is 8.00. The number of hydrogen-bond donors (Lipinski definition) is 2. The number of nitrogens with one attached hydrogen (secondary N) is 2. The quantitative estimate of drug-likeness (QED) is 0.814. The molecule has 1 aromatic carbocycles.